The summed E-state index contributed by atoms with van der Waals surface area (Å²) in [6.07, 6.45) is 0.960. The second-order valence-corrected chi connectivity index (χ2v) is 9.23. The van der Waals surface area contributed by atoms with Crippen LogP contribution in [-0.2, 0) is 25.6 Å². The molecule has 2 aromatic rings. The predicted molar refractivity (Wildman–Crippen MR) is 136 cm³/mol. The molecule has 0 aromatic heterocycles. The lowest BCUT2D eigenvalue weighted by Gasteiger charge is -2.24. The third-order valence-corrected chi connectivity index (χ3v) is 5.99. The molecule has 204 valence electrons. The van der Waals surface area contributed by atoms with Gasteiger partial charge in [0.2, 0.25) is 11.8 Å². The fourth-order valence-corrected chi connectivity index (χ4v) is 3.82. The molecule has 2 rings (SSSR count). The minimum absolute atomic E-state index is 0.00625. The van der Waals surface area contributed by atoms with Crippen LogP contribution in [0.5, 0.6) is 5.75 Å². The van der Waals surface area contributed by atoms with Gasteiger partial charge in [0.1, 0.15) is 29.7 Å². The van der Waals surface area contributed by atoms with Gasteiger partial charge in [0.15, 0.2) is 0 Å². The number of thioether (sulfide) groups is 1. The van der Waals surface area contributed by atoms with Gasteiger partial charge < -0.3 is 31.3 Å². The van der Waals surface area contributed by atoms with Crippen molar-refractivity contribution in [3.8, 4) is 5.75 Å². The summed E-state index contributed by atoms with van der Waals surface area (Å²) in [6, 6.07) is 6.39. The van der Waals surface area contributed by atoms with Crippen LogP contribution in [0.1, 0.15) is 28.8 Å². The molecule has 6 N–H and O–H groups in total. The van der Waals surface area contributed by atoms with Crippen molar-refractivity contribution >= 4 is 41.4 Å². The highest BCUT2D eigenvalue weighted by molar-refractivity contribution is 7.98. The minimum atomic E-state index is -1.71. The van der Waals surface area contributed by atoms with E-state index in [1.165, 1.54) is 36.0 Å². The zero-order chi connectivity index (χ0) is 28.2. The Morgan fingerprint density at radius 3 is 1.97 bits per heavy atom. The molecular formula is C25H28FN3O8S. The Balaban J connectivity index is 2.26. The van der Waals surface area contributed by atoms with Crippen molar-refractivity contribution in [3.05, 3.63) is 65.5 Å². The number of hydrogen-bond acceptors (Lipinski definition) is 7. The summed E-state index contributed by atoms with van der Waals surface area (Å²) >= 11 is 1.37. The molecule has 0 aliphatic rings. The van der Waals surface area contributed by atoms with E-state index in [2.05, 4.69) is 16.0 Å². The molecule has 0 unspecified atom stereocenters. The molecule has 3 atom stereocenters. The number of aromatic hydroxyl groups is 1. The lowest BCUT2D eigenvalue weighted by molar-refractivity contribution is -0.147. The van der Waals surface area contributed by atoms with Gasteiger partial charge in [0.25, 0.3) is 5.91 Å². The Labute approximate surface area is 221 Å². The zero-order valence-corrected chi connectivity index (χ0v) is 21.2. The summed E-state index contributed by atoms with van der Waals surface area (Å²) < 4.78 is 13.3. The first-order valence-corrected chi connectivity index (χ1v) is 12.8. The Bertz CT molecular complexity index is 1140. The van der Waals surface area contributed by atoms with Crippen LogP contribution >= 0.6 is 11.8 Å². The molecule has 2 aromatic carbocycles. The number of carbonyl (C=O) groups excluding carboxylic acids is 3. The van der Waals surface area contributed by atoms with E-state index < -0.39 is 60.0 Å². The standard InChI is InChI=1S/C25H28FN3O8S/c1-38-11-10-18(23(34)29-20(25(36)37)13-21(31)32)27-24(35)19(12-14-2-8-17(30)9-3-14)28-22(33)15-4-6-16(26)7-5-15/h2-9,18-20,30H,10-13H2,1H3,(H,27,35)(H,28,33)(H,29,34)(H,31,32)(H,36,37)/t18-,19-,20-/m0/s1. The van der Waals surface area contributed by atoms with E-state index in [1.807, 2.05) is 0 Å². The molecule has 0 radical (unpaired) electrons. The topological polar surface area (TPSA) is 182 Å². The van der Waals surface area contributed by atoms with Gasteiger partial charge in [-0.25, -0.2) is 9.18 Å². The molecule has 13 heteroatoms. The average Bonchev–Trinajstić information content (AvgIpc) is 2.86. The molecular weight excluding hydrogens is 521 g/mol. The first-order chi connectivity index (χ1) is 18.0. The van der Waals surface area contributed by atoms with E-state index >= 15 is 0 Å². The van der Waals surface area contributed by atoms with Gasteiger partial charge in [-0.05, 0) is 60.4 Å². The lowest BCUT2D eigenvalue weighted by Crippen LogP contribution is -2.56. The van der Waals surface area contributed by atoms with Crippen molar-refractivity contribution in [2.24, 2.45) is 0 Å². The van der Waals surface area contributed by atoms with E-state index in [0.29, 0.717) is 11.3 Å². The molecule has 0 saturated heterocycles. The van der Waals surface area contributed by atoms with Crippen molar-refractivity contribution in [3.63, 3.8) is 0 Å². The second-order valence-electron chi connectivity index (χ2n) is 8.24. The van der Waals surface area contributed by atoms with E-state index in [4.69, 9.17) is 5.11 Å². The van der Waals surface area contributed by atoms with Crippen LogP contribution in [0.3, 0.4) is 0 Å². The number of aliphatic carboxylic acids is 2. The number of carboxylic acids is 2. The van der Waals surface area contributed by atoms with Crippen molar-refractivity contribution in [2.75, 3.05) is 12.0 Å². The third kappa shape index (κ3) is 9.73. The van der Waals surface area contributed by atoms with E-state index in [9.17, 15) is 38.6 Å². The van der Waals surface area contributed by atoms with Gasteiger partial charge in [-0.2, -0.15) is 11.8 Å². The normalized spacial score (nSPS) is 13.0. The summed E-state index contributed by atoms with van der Waals surface area (Å²) in [6.45, 7) is 0. The van der Waals surface area contributed by atoms with Crippen molar-refractivity contribution < 1.29 is 43.7 Å². The molecule has 0 heterocycles. The summed E-state index contributed by atoms with van der Waals surface area (Å²) in [4.78, 5) is 61.2. The molecule has 0 saturated carbocycles. The molecule has 0 fully saturated rings. The number of carbonyl (C=O) groups is 5. The molecule has 0 aliphatic heterocycles. The van der Waals surface area contributed by atoms with Crippen LogP contribution in [0.25, 0.3) is 0 Å². The first-order valence-electron chi connectivity index (χ1n) is 11.4. The van der Waals surface area contributed by atoms with E-state index in [-0.39, 0.29) is 24.2 Å². The highest BCUT2D eigenvalue weighted by Crippen LogP contribution is 2.13. The molecule has 38 heavy (non-hydrogen) atoms. The lowest BCUT2D eigenvalue weighted by atomic mass is 10.0. The van der Waals surface area contributed by atoms with Gasteiger partial charge in [-0.15, -0.1) is 0 Å². The maximum absolute atomic E-state index is 13.3. The average molecular weight is 550 g/mol. The highest BCUT2D eigenvalue weighted by Gasteiger charge is 2.30. The van der Waals surface area contributed by atoms with Crippen molar-refractivity contribution in [2.45, 2.75) is 37.4 Å². The second kappa shape index (κ2) is 14.6. The number of phenols is 1. The van der Waals surface area contributed by atoms with Crippen molar-refractivity contribution in [1.82, 2.24) is 16.0 Å². The summed E-state index contributed by atoms with van der Waals surface area (Å²) in [5.74, 6) is -5.47. The third-order valence-electron chi connectivity index (χ3n) is 5.34. The first kappa shape index (κ1) is 30.1. The molecule has 0 bridgehead atoms. The summed E-state index contributed by atoms with van der Waals surface area (Å²) in [5.41, 5.74) is 0.657. The summed E-state index contributed by atoms with van der Waals surface area (Å²) in [5, 5.41) is 34.9. The Hall–Kier alpha value is -4.13. The number of nitrogens with one attached hydrogen (secondary N) is 3. The van der Waals surface area contributed by atoms with Crippen LogP contribution in [0.4, 0.5) is 4.39 Å². The van der Waals surface area contributed by atoms with Crippen LogP contribution in [0.15, 0.2) is 48.5 Å². The van der Waals surface area contributed by atoms with Crippen LogP contribution in [0.2, 0.25) is 0 Å². The van der Waals surface area contributed by atoms with Gasteiger partial charge >= 0.3 is 11.9 Å². The van der Waals surface area contributed by atoms with Crippen LogP contribution < -0.4 is 16.0 Å². The van der Waals surface area contributed by atoms with Crippen LogP contribution in [-0.4, -0.2) is 75.1 Å². The van der Waals surface area contributed by atoms with E-state index in [0.717, 1.165) is 12.1 Å². The van der Waals surface area contributed by atoms with Crippen LogP contribution in [0, 0.1) is 5.82 Å². The molecule has 11 nitrogen and oxygen atoms in total. The Kier molecular flexibility index (Phi) is 11.5. The molecule has 3 amide bonds. The number of benzene rings is 2. The molecule has 0 aliphatic carbocycles. The monoisotopic (exact) mass is 549 g/mol. The largest absolute Gasteiger partial charge is 0.508 e. The Morgan fingerprint density at radius 2 is 1.42 bits per heavy atom. The van der Waals surface area contributed by atoms with E-state index in [1.54, 1.807) is 18.4 Å². The van der Waals surface area contributed by atoms with Gasteiger partial charge in [0.05, 0.1) is 6.42 Å². The maximum atomic E-state index is 13.3. The van der Waals surface area contributed by atoms with Crippen molar-refractivity contribution in [1.29, 1.82) is 0 Å². The predicted octanol–water partition coefficient (Wildman–Crippen LogP) is 1.15. The van der Waals surface area contributed by atoms with Gasteiger partial charge in [-0.3, -0.25) is 19.2 Å². The smallest absolute Gasteiger partial charge is 0.326 e. The van der Waals surface area contributed by atoms with Gasteiger partial charge in [-0.1, -0.05) is 12.1 Å². The number of phenolic OH excluding ortho intramolecular Hbond substituents is 1. The fourth-order valence-electron chi connectivity index (χ4n) is 3.34. The van der Waals surface area contributed by atoms with Gasteiger partial charge in [0, 0.05) is 12.0 Å². The maximum Gasteiger partial charge on any atom is 0.326 e. The number of amides is 3. The number of halogens is 1. The fraction of sp³-hybridized carbons (Fsp3) is 0.320. The molecule has 0 spiro atoms. The number of hydrogen-bond donors (Lipinski definition) is 6. The number of rotatable bonds is 14. The number of carboxylic acid groups (broad SMARTS) is 2. The minimum Gasteiger partial charge on any atom is -0.508 e. The SMILES string of the molecule is CSCC[C@H](NC(=O)[C@H](Cc1ccc(O)cc1)NC(=O)c1ccc(F)cc1)C(=O)N[C@@H](CC(=O)O)C(=O)O. The zero-order valence-electron chi connectivity index (χ0n) is 20.3. The highest BCUT2D eigenvalue weighted by atomic mass is 32.2. The quantitative estimate of drug-likeness (QED) is 0.201. The summed E-state index contributed by atoms with van der Waals surface area (Å²) in [7, 11) is 0. The Morgan fingerprint density at radius 1 is 0.842 bits per heavy atom.